The molecule has 0 unspecified atom stereocenters. The molecule has 1 aromatic carbocycles. The van der Waals surface area contributed by atoms with Crippen molar-refractivity contribution >= 4 is 5.97 Å². The van der Waals surface area contributed by atoms with Gasteiger partial charge in [-0.1, -0.05) is 26.0 Å². The van der Waals surface area contributed by atoms with Gasteiger partial charge in [0.2, 0.25) is 0 Å². The normalized spacial score (nSPS) is 11.8. The van der Waals surface area contributed by atoms with Crippen molar-refractivity contribution in [3.63, 3.8) is 0 Å². The minimum Gasteiger partial charge on any atom is -0.508 e. The Hall–Kier alpha value is -1.51. The summed E-state index contributed by atoms with van der Waals surface area (Å²) in [6.45, 7) is 7.46. The lowest BCUT2D eigenvalue weighted by atomic mass is 9.84. The van der Waals surface area contributed by atoms with E-state index in [0.29, 0.717) is 17.9 Å². The number of phenolic OH excluding ortho intramolecular Hbond substituents is 1. The highest BCUT2D eigenvalue weighted by atomic mass is 16.4. The quantitative estimate of drug-likeness (QED) is 0.844. The van der Waals surface area contributed by atoms with E-state index in [2.05, 4.69) is 13.8 Å². The molecule has 0 amide bonds. The Kier molecular flexibility index (Phi) is 3.81. The molecule has 1 rings (SSSR count). The standard InChI is InChI=1S/C14H20O3/c1-9(2)10-5-6-12(15)11(7-10)8-14(3,4)13(16)17/h5-7,9,15H,8H2,1-4H3,(H,16,17). The number of aliphatic carboxylic acids is 1. The Labute approximate surface area is 102 Å². The second-order valence-electron chi connectivity index (χ2n) is 5.41. The molecule has 0 aromatic heterocycles. The molecule has 0 bridgehead atoms. The third kappa shape index (κ3) is 3.22. The second-order valence-corrected chi connectivity index (χ2v) is 5.41. The summed E-state index contributed by atoms with van der Waals surface area (Å²) < 4.78 is 0. The van der Waals surface area contributed by atoms with Crippen LogP contribution in [0.3, 0.4) is 0 Å². The summed E-state index contributed by atoms with van der Waals surface area (Å²) in [5.74, 6) is -0.321. The van der Waals surface area contributed by atoms with Crippen molar-refractivity contribution in [2.45, 2.75) is 40.0 Å². The first-order chi connectivity index (χ1) is 7.74. The molecule has 0 radical (unpaired) electrons. The summed E-state index contributed by atoms with van der Waals surface area (Å²) in [5.41, 5.74) is 0.940. The van der Waals surface area contributed by atoms with Gasteiger partial charge in [0.15, 0.2) is 0 Å². The zero-order chi connectivity index (χ0) is 13.2. The smallest absolute Gasteiger partial charge is 0.309 e. The summed E-state index contributed by atoms with van der Waals surface area (Å²) in [5, 5.41) is 18.9. The molecule has 2 N–H and O–H groups in total. The number of rotatable bonds is 4. The molecule has 0 saturated carbocycles. The molecule has 0 saturated heterocycles. The third-order valence-corrected chi connectivity index (χ3v) is 2.98. The molecular weight excluding hydrogens is 216 g/mol. The lowest BCUT2D eigenvalue weighted by Gasteiger charge is -2.20. The van der Waals surface area contributed by atoms with Crippen LogP contribution in [-0.4, -0.2) is 16.2 Å². The zero-order valence-corrected chi connectivity index (χ0v) is 10.8. The van der Waals surface area contributed by atoms with E-state index in [1.165, 1.54) is 0 Å². The van der Waals surface area contributed by atoms with E-state index in [0.717, 1.165) is 5.56 Å². The van der Waals surface area contributed by atoms with Crippen LogP contribution in [0.5, 0.6) is 5.75 Å². The fourth-order valence-corrected chi connectivity index (χ4v) is 1.66. The number of benzene rings is 1. The van der Waals surface area contributed by atoms with Crippen molar-refractivity contribution in [3.05, 3.63) is 29.3 Å². The Morgan fingerprint density at radius 1 is 1.35 bits per heavy atom. The molecule has 0 fully saturated rings. The molecule has 0 aliphatic rings. The van der Waals surface area contributed by atoms with Gasteiger partial charge >= 0.3 is 5.97 Å². The van der Waals surface area contributed by atoms with E-state index >= 15 is 0 Å². The number of carbonyl (C=O) groups is 1. The molecule has 0 spiro atoms. The predicted octanol–water partition coefficient (Wildman–Crippen LogP) is 3.17. The van der Waals surface area contributed by atoms with Crippen LogP contribution in [0, 0.1) is 5.41 Å². The lowest BCUT2D eigenvalue weighted by molar-refractivity contribution is -0.146. The van der Waals surface area contributed by atoms with Gasteiger partial charge in [0.1, 0.15) is 5.75 Å². The first-order valence-corrected chi connectivity index (χ1v) is 5.79. The van der Waals surface area contributed by atoms with Gasteiger partial charge < -0.3 is 10.2 Å². The maximum atomic E-state index is 11.1. The molecule has 0 atom stereocenters. The molecule has 0 aliphatic carbocycles. The van der Waals surface area contributed by atoms with Crippen molar-refractivity contribution in [1.82, 2.24) is 0 Å². The topological polar surface area (TPSA) is 57.5 Å². The van der Waals surface area contributed by atoms with Gasteiger partial charge in [-0.15, -0.1) is 0 Å². The SMILES string of the molecule is CC(C)c1ccc(O)c(CC(C)(C)C(=O)O)c1. The number of hydrogen-bond donors (Lipinski definition) is 2. The Bertz CT molecular complexity index is 419. The van der Waals surface area contributed by atoms with Crippen LogP contribution in [0.1, 0.15) is 44.7 Å². The van der Waals surface area contributed by atoms with Crippen LogP contribution < -0.4 is 0 Å². The summed E-state index contributed by atoms with van der Waals surface area (Å²) in [4.78, 5) is 11.1. The van der Waals surface area contributed by atoms with Crippen LogP contribution in [0.4, 0.5) is 0 Å². The highest BCUT2D eigenvalue weighted by molar-refractivity contribution is 5.74. The van der Waals surface area contributed by atoms with Gasteiger partial charge in [-0.3, -0.25) is 4.79 Å². The molecular formula is C14H20O3. The summed E-state index contributed by atoms with van der Waals surface area (Å²) in [6, 6.07) is 5.41. The Morgan fingerprint density at radius 2 is 1.94 bits per heavy atom. The summed E-state index contributed by atoms with van der Waals surface area (Å²) >= 11 is 0. The predicted molar refractivity (Wildman–Crippen MR) is 67.3 cm³/mol. The van der Waals surface area contributed by atoms with Gasteiger partial charge in [-0.05, 0) is 43.4 Å². The zero-order valence-electron chi connectivity index (χ0n) is 10.8. The molecule has 94 valence electrons. The van der Waals surface area contributed by atoms with Crippen molar-refractivity contribution in [2.24, 2.45) is 5.41 Å². The fourth-order valence-electron chi connectivity index (χ4n) is 1.66. The number of carboxylic acid groups (broad SMARTS) is 1. The Balaban J connectivity index is 3.05. The third-order valence-electron chi connectivity index (χ3n) is 2.98. The summed E-state index contributed by atoms with van der Waals surface area (Å²) in [6.07, 6.45) is 0.328. The maximum absolute atomic E-state index is 11.1. The molecule has 3 nitrogen and oxygen atoms in total. The van der Waals surface area contributed by atoms with Crippen molar-refractivity contribution in [2.75, 3.05) is 0 Å². The minimum atomic E-state index is -0.868. The van der Waals surface area contributed by atoms with Gasteiger partial charge in [-0.25, -0.2) is 0 Å². The minimum absolute atomic E-state index is 0.170. The van der Waals surface area contributed by atoms with Crippen LogP contribution in [0.2, 0.25) is 0 Å². The van der Waals surface area contributed by atoms with Crippen LogP contribution in [0.15, 0.2) is 18.2 Å². The van der Waals surface area contributed by atoms with Crippen molar-refractivity contribution < 1.29 is 15.0 Å². The summed E-state index contributed by atoms with van der Waals surface area (Å²) in [7, 11) is 0. The van der Waals surface area contributed by atoms with Crippen LogP contribution in [0.25, 0.3) is 0 Å². The lowest BCUT2D eigenvalue weighted by Crippen LogP contribution is -2.26. The van der Waals surface area contributed by atoms with E-state index in [1.54, 1.807) is 19.9 Å². The van der Waals surface area contributed by atoms with Crippen molar-refractivity contribution in [1.29, 1.82) is 0 Å². The van der Waals surface area contributed by atoms with Gasteiger partial charge in [0, 0.05) is 0 Å². The highest BCUT2D eigenvalue weighted by Crippen LogP contribution is 2.30. The van der Waals surface area contributed by atoms with Gasteiger partial charge in [0.05, 0.1) is 5.41 Å². The first-order valence-electron chi connectivity index (χ1n) is 5.79. The van der Waals surface area contributed by atoms with E-state index in [4.69, 9.17) is 5.11 Å². The average molecular weight is 236 g/mol. The number of hydrogen-bond acceptors (Lipinski definition) is 2. The monoisotopic (exact) mass is 236 g/mol. The fraction of sp³-hybridized carbons (Fsp3) is 0.500. The molecule has 0 aliphatic heterocycles. The highest BCUT2D eigenvalue weighted by Gasteiger charge is 2.28. The molecule has 1 aromatic rings. The average Bonchev–Trinajstić information content (AvgIpc) is 2.20. The van der Waals surface area contributed by atoms with E-state index < -0.39 is 11.4 Å². The van der Waals surface area contributed by atoms with Gasteiger partial charge in [0.25, 0.3) is 0 Å². The van der Waals surface area contributed by atoms with E-state index in [1.807, 2.05) is 12.1 Å². The van der Waals surface area contributed by atoms with Crippen molar-refractivity contribution in [3.8, 4) is 5.75 Å². The molecule has 17 heavy (non-hydrogen) atoms. The number of phenols is 1. The van der Waals surface area contributed by atoms with Crippen LogP contribution in [-0.2, 0) is 11.2 Å². The van der Waals surface area contributed by atoms with E-state index in [9.17, 15) is 9.90 Å². The first kappa shape index (κ1) is 13.6. The second kappa shape index (κ2) is 4.78. The molecule has 3 heteroatoms. The Morgan fingerprint density at radius 3 is 2.41 bits per heavy atom. The number of carboxylic acids is 1. The van der Waals surface area contributed by atoms with Gasteiger partial charge in [-0.2, -0.15) is 0 Å². The van der Waals surface area contributed by atoms with E-state index in [-0.39, 0.29) is 5.75 Å². The van der Waals surface area contributed by atoms with Crippen LogP contribution >= 0.6 is 0 Å². The number of aromatic hydroxyl groups is 1. The molecule has 0 heterocycles. The maximum Gasteiger partial charge on any atom is 0.309 e. The largest absolute Gasteiger partial charge is 0.508 e.